The average molecular weight is 540 g/mol. The van der Waals surface area contributed by atoms with Crippen molar-refractivity contribution in [3.8, 4) is 11.5 Å². The van der Waals surface area contributed by atoms with Gasteiger partial charge >= 0.3 is 0 Å². The predicted molar refractivity (Wildman–Crippen MR) is 146 cm³/mol. The van der Waals surface area contributed by atoms with Crippen LogP contribution in [0.3, 0.4) is 0 Å². The van der Waals surface area contributed by atoms with Crippen molar-refractivity contribution in [3.05, 3.63) is 84.4 Å². The van der Waals surface area contributed by atoms with Gasteiger partial charge in [-0.25, -0.2) is 8.42 Å². The molecule has 0 heterocycles. The molecule has 202 valence electrons. The minimum absolute atomic E-state index is 0.0414. The molecule has 0 aliphatic heterocycles. The van der Waals surface area contributed by atoms with E-state index < -0.39 is 28.5 Å². The Morgan fingerprint density at radius 2 is 1.55 bits per heavy atom. The molecule has 3 rings (SSSR count). The summed E-state index contributed by atoms with van der Waals surface area (Å²) in [5.74, 6) is 0.265. The van der Waals surface area contributed by atoms with Crippen LogP contribution in [0.4, 0.5) is 5.69 Å². The lowest BCUT2D eigenvalue weighted by Gasteiger charge is -2.32. The van der Waals surface area contributed by atoms with Gasteiger partial charge in [-0.05, 0) is 67.9 Å². The minimum Gasteiger partial charge on any atom is -0.497 e. The monoisotopic (exact) mass is 539 g/mol. The van der Waals surface area contributed by atoms with Crippen LogP contribution in [0.2, 0.25) is 0 Å². The Balaban J connectivity index is 2.02. The summed E-state index contributed by atoms with van der Waals surface area (Å²) in [5, 5.41) is 2.74. The Bertz CT molecular complexity index is 1330. The number of anilines is 1. The summed E-state index contributed by atoms with van der Waals surface area (Å²) < 4.78 is 39.0. The van der Waals surface area contributed by atoms with Crippen molar-refractivity contribution in [1.82, 2.24) is 10.2 Å². The number of methoxy groups -OCH3 is 2. The number of carbonyl (C=O) groups excluding carboxylic acids is 2. The van der Waals surface area contributed by atoms with Gasteiger partial charge in [0.05, 0.1) is 24.8 Å². The van der Waals surface area contributed by atoms with Gasteiger partial charge in [-0.1, -0.05) is 30.3 Å². The molecule has 0 aliphatic carbocycles. The molecule has 2 amide bonds. The maximum Gasteiger partial charge on any atom is 0.264 e. The fraction of sp³-hybridized carbons (Fsp3) is 0.286. The van der Waals surface area contributed by atoms with Crippen molar-refractivity contribution < 1.29 is 27.5 Å². The van der Waals surface area contributed by atoms with Gasteiger partial charge in [0.2, 0.25) is 11.8 Å². The molecule has 1 unspecified atom stereocenters. The number of amides is 2. The molecule has 0 spiro atoms. The first kappa shape index (κ1) is 28.5. The van der Waals surface area contributed by atoms with E-state index >= 15 is 0 Å². The largest absolute Gasteiger partial charge is 0.497 e. The summed E-state index contributed by atoms with van der Waals surface area (Å²) in [7, 11) is -1.07. The number of ether oxygens (including phenoxy) is 2. The lowest BCUT2D eigenvalue weighted by atomic mass is 10.1. The van der Waals surface area contributed by atoms with E-state index in [1.165, 1.54) is 24.1 Å². The van der Waals surface area contributed by atoms with Gasteiger partial charge in [0, 0.05) is 13.1 Å². The fourth-order valence-corrected chi connectivity index (χ4v) is 5.30. The third kappa shape index (κ3) is 6.83. The third-order valence-corrected chi connectivity index (χ3v) is 7.76. The molecule has 0 saturated carbocycles. The zero-order chi connectivity index (χ0) is 27.7. The van der Waals surface area contributed by atoms with Gasteiger partial charge in [0.25, 0.3) is 10.0 Å². The van der Waals surface area contributed by atoms with Crippen LogP contribution in [0.1, 0.15) is 19.4 Å². The Morgan fingerprint density at radius 1 is 0.895 bits per heavy atom. The normalized spacial score (nSPS) is 11.8. The van der Waals surface area contributed by atoms with Crippen molar-refractivity contribution in [2.45, 2.75) is 31.3 Å². The molecule has 0 saturated heterocycles. The van der Waals surface area contributed by atoms with Crippen LogP contribution >= 0.6 is 0 Å². The number of nitrogens with one attached hydrogen (secondary N) is 1. The third-order valence-electron chi connectivity index (χ3n) is 5.98. The summed E-state index contributed by atoms with van der Waals surface area (Å²) in [6.07, 6.45) is 0. The zero-order valence-corrected chi connectivity index (χ0v) is 22.8. The highest BCUT2D eigenvalue weighted by molar-refractivity contribution is 7.92. The van der Waals surface area contributed by atoms with Gasteiger partial charge in [-0.2, -0.15) is 0 Å². The van der Waals surface area contributed by atoms with Gasteiger partial charge in [0.15, 0.2) is 0 Å². The molecule has 38 heavy (non-hydrogen) atoms. The molecule has 0 radical (unpaired) electrons. The van der Waals surface area contributed by atoms with Crippen LogP contribution in [-0.4, -0.2) is 58.5 Å². The van der Waals surface area contributed by atoms with E-state index in [0.29, 0.717) is 18.0 Å². The molecule has 3 aromatic rings. The second-order valence-electron chi connectivity index (χ2n) is 8.47. The van der Waals surface area contributed by atoms with Gasteiger partial charge in [-0.15, -0.1) is 0 Å². The molecular weight excluding hydrogens is 506 g/mol. The molecule has 10 heteroatoms. The second kappa shape index (κ2) is 13.0. The molecule has 0 fully saturated rings. The summed E-state index contributed by atoms with van der Waals surface area (Å²) in [5.41, 5.74) is 1.02. The first-order valence-electron chi connectivity index (χ1n) is 12.1. The predicted octanol–water partition coefficient (Wildman–Crippen LogP) is 3.45. The molecule has 1 atom stereocenters. The first-order valence-corrected chi connectivity index (χ1v) is 13.6. The SMILES string of the molecule is CCNC(=O)C(C)N(Cc1cccc(OC)c1)C(=O)CN(c1ccc(OC)cc1)S(=O)(=O)c1ccccc1. The number of hydrogen-bond donors (Lipinski definition) is 1. The van der Waals surface area contributed by atoms with Crippen LogP contribution in [-0.2, 0) is 26.2 Å². The molecule has 0 bridgehead atoms. The van der Waals surface area contributed by atoms with E-state index in [1.54, 1.807) is 81.6 Å². The number of sulfonamides is 1. The summed E-state index contributed by atoms with van der Waals surface area (Å²) in [6, 6.07) is 20.6. The van der Waals surface area contributed by atoms with Crippen molar-refractivity contribution in [2.24, 2.45) is 0 Å². The molecule has 0 aromatic heterocycles. The standard InChI is InChI=1S/C28H33N3O6S/c1-5-29-28(33)21(2)30(19-22-10-9-11-25(18-22)37-4)27(32)20-31(23-14-16-24(36-3)17-15-23)38(34,35)26-12-7-6-8-13-26/h6-18,21H,5,19-20H2,1-4H3,(H,29,33). The first-order chi connectivity index (χ1) is 18.2. The summed E-state index contributed by atoms with van der Waals surface area (Å²) in [6.45, 7) is 3.36. The zero-order valence-electron chi connectivity index (χ0n) is 22.0. The van der Waals surface area contributed by atoms with Crippen LogP contribution in [0, 0.1) is 0 Å². The van der Waals surface area contributed by atoms with E-state index in [0.717, 1.165) is 9.87 Å². The Kier molecular flexibility index (Phi) is 9.72. The Hall–Kier alpha value is -4.05. The lowest BCUT2D eigenvalue weighted by Crippen LogP contribution is -2.51. The lowest BCUT2D eigenvalue weighted by molar-refractivity contribution is -0.139. The number of benzene rings is 3. The topological polar surface area (TPSA) is 105 Å². The van der Waals surface area contributed by atoms with Crippen molar-refractivity contribution in [1.29, 1.82) is 0 Å². The smallest absolute Gasteiger partial charge is 0.264 e. The molecule has 0 aliphatic rings. The van der Waals surface area contributed by atoms with E-state index in [-0.39, 0.29) is 23.0 Å². The second-order valence-corrected chi connectivity index (χ2v) is 10.3. The molecular formula is C28H33N3O6S. The van der Waals surface area contributed by atoms with Crippen molar-refractivity contribution >= 4 is 27.5 Å². The van der Waals surface area contributed by atoms with Crippen LogP contribution < -0.4 is 19.1 Å². The number of likely N-dealkylation sites (N-methyl/N-ethyl adjacent to an activating group) is 1. The number of hydrogen-bond acceptors (Lipinski definition) is 6. The average Bonchev–Trinajstić information content (AvgIpc) is 2.94. The summed E-state index contributed by atoms with van der Waals surface area (Å²) in [4.78, 5) is 28.0. The van der Waals surface area contributed by atoms with E-state index in [4.69, 9.17) is 9.47 Å². The van der Waals surface area contributed by atoms with Crippen molar-refractivity contribution in [3.63, 3.8) is 0 Å². The Labute approximate surface area is 224 Å². The van der Waals surface area contributed by atoms with E-state index in [9.17, 15) is 18.0 Å². The minimum atomic E-state index is -4.12. The molecule has 3 aromatic carbocycles. The number of nitrogens with zero attached hydrogens (tertiary/aromatic N) is 2. The van der Waals surface area contributed by atoms with Crippen molar-refractivity contribution in [2.75, 3.05) is 31.6 Å². The Morgan fingerprint density at radius 3 is 2.16 bits per heavy atom. The van der Waals surface area contributed by atoms with Crippen LogP contribution in [0.15, 0.2) is 83.8 Å². The van der Waals surface area contributed by atoms with Crippen LogP contribution in [0.25, 0.3) is 0 Å². The van der Waals surface area contributed by atoms with Gasteiger partial charge in [0.1, 0.15) is 24.1 Å². The van der Waals surface area contributed by atoms with Gasteiger partial charge in [-0.3, -0.25) is 13.9 Å². The maximum atomic E-state index is 13.8. The van der Waals surface area contributed by atoms with E-state index in [2.05, 4.69) is 5.32 Å². The quantitative estimate of drug-likeness (QED) is 0.378. The highest BCUT2D eigenvalue weighted by atomic mass is 32.2. The van der Waals surface area contributed by atoms with E-state index in [1.807, 2.05) is 6.07 Å². The molecule has 1 N–H and O–H groups in total. The maximum absolute atomic E-state index is 13.8. The molecule has 9 nitrogen and oxygen atoms in total. The highest BCUT2D eigenvalue weighted by Crippen LogP contribution is 2.26. The summed E-state index contributed by atoms with van der Waals surface area (Å²) >= 11 is 0. The number of rotatable bonds is 12. The van der Waals surface area contributed by atoms with Gasteiger partial charge < -0.3 is 19.7 Å². The number of carbonyl (C=O) groups is 2. The fourth-order valence-electron chi connectivity index (χ4n) is 3.87. The highest BCUT2D eigenvalue weighted by Gasteiger charge is 2.32. The van der Waals surface area contributed by atoms with Crippen LogP contribution in [0.5, 0.6) is 11.5 Å².